The zero-order valence-electron chi connectivity index (χ0n) is 10.3. The molecule has 0 saturated carbocycles. The maximum atomic E-state index is 12.1. The van der Waals surface area contributed by atoms with Crippen LogP contribution in [0.1, 0.15) is 5.76 Å². The van der Waals surface area contributed by atoms with E-state index in [4.69, 9.17) is 9.95 Å². The lowest BCUT2D eigenvalue weighted by Gasteiger charge is -2.04. The maximum Gasteiger partial charge on any atom is 0.193 e. The highest BCUT2D eigenvalue weighted by Gasteiger charge is 2.06. The summed E-state index contributed by atoms with van der Waals surface area (Å²) in [5.41, 5.74) is 9.33. The van der Waals surface area contributed by atoms with Crippen molar-refractivity contribution in [1.29, 1.82) is 0 Å². The lowest BCUT2D eigenvalue weighted by atomic mass is 10.2. The first-order chi connectivity index (χ1) is 9.78. The molecule has 0 amide bonds. The van der Waals surface area contributed by atoms with Gasteiger partial charge in [-0.05, 0) is 29.8 Å². The minimum Gasteiger partial charge on any atom is -0.461 e. The Balaban J connectivity index is 2.14. The van der Waals surface area contributed by atoms with Crippen molar-refractivity contribution in [3.8, 4) is 5.69 Å². The first kappa shape index (κ1) is 12.0. The van der Waals surface area contributed by atoms with Gasteiger partial charge >= 0.3 is 0 Å². The molecule has 3 aromatic rings. The van der Waals surface area contributed by atoms with Gasteiger partial charge in [0, 0.05) is 23.4 Å². The molecule has 2 aromatic heterocycles. The second-order valence-electron chi connectivity index (χ2n) is 4.10. The van der Waals surface area contributed by atoms with Gasteiger partial charge in [0.2, 0.25) is 0 Å². The van der Waals surface area contributed by atoms with E-state index in [0.717, 1.165) is 5.69 Å². The van der Waals surface area contributed by atoms with Gasteiger partial charge in [-0.2, -0.15) is 5.10 Å². The molecule has 1 aromatic carbocycles. The number of hydrogen-bond donors (Lipinski definition) is 0. The second-order valence-corrected chi connectivity index (χ2v) is 4.10. The molecule has 2 heterocycles. The molecule has 0 radical (unpaired) electrons. The third-order valence-electron chi connectivity index (χ3n) is 2.82. The summed E-state index contributed by atoms with van der Waals surface area (Å²) >= 11 is 0. The summed E-state index contributed by atoms with van der Waals surface area (Å²) in [5.74, 6) is 0.340. The number of fused-ring (bicyclic) bond motifs is 1. The van der Waals surface area contributed by atoms with Gasteiger partial charge in [0.05, 0.1) is 17.6 Å². The minimum absolute atomic E-state index is 0.0165. The SMILES string of the molecule is [N-]=[N+]=NCc1cc(=O)c2cc(-n3cccn3)ccc2o1. The fraction of sp³-hybridized carbons (Fsp3) is 0.0769. The molecule has 0 fully saturated rings. The van der Waals surface area contributed by atoms with Crippen LogP contribution in [0.5, 0.6) is 0 Å². The van der Waals surface area contributed by atoms with E-state index < -0.39 is 0 Å². The van der Waals surface area contributed by atoms with Gasteiger partial charge in [0.15, 0.2) is 5.43 Å². The third kappa shape index (κ3) is 2.13. The molecule has 7 heteroatoms. The van der Waals surface area contributed by atoms with Gasteiger partial charge in [-0.1, -0.05) is 5.11 Å². The number of hydrogen-bond acceptors (Lipinski definition) is 4. The second kappa shape index (κ2) is 4.91. The Hall–Kier alpha value is -3.05. The van der Waals surface area contributed by atoms with E-state index in [1.807, 2.05) is 0 Å². The zero-order valence-corrected chi connectivity index (χ0v) is 10.3. The van der Waals surface area contributed by atoms with Crippen molar-refractivity contribution in [2.24, 2.45) is 5.11 Å². The van der Waals surface area contributed by atoms with Gasteiger partial charge in [-0.3, -0.25) is 4.79 Å². The number of aromatic nitrogens is 2. The van der Waals surface area contributed by atoms with E-state index in [1.165, 1.54) is 6.07 Å². The lowest BCUT2D eigenvalue weighted by molar-refractivity contribution is 0.538. The molecule has 0 atom stereocenters. The lowest BCUT2D eigenvalue weighted by Crippen LogP contribution is -2.03. The van der Waals surface area contributed by atoms with Crippen LogP contribution < -0.4 is 5.43 Å². The molecule has 0 aliphatic carbocycles. The molecule has 98 valence electrons. The molecule has 0 aliphatic heterocycles. The quantitative estimate of drug-likeness (QED) is 0.414. The standard InChI is InChI=1S/C13H9N5O2/c14-17-15-8-10-7-12(19)11-6-9(2-3-13(11)20-10)18-5-1-4-16-18/h1-7H,8H2. The van der Waals surface area contributed by atoms with Crippen molar-refractivity contribution >= 4 is 11.0 Å². The molecular weight excluding hydrogens is 258 g/mol. The Labute approximate surface area is 112 Å². The molecule has 20 heavy (non-hydrogen) atoms. The van der Waals surface area contributed by atoms with E-state index in [-0.39, 0.29) is 12.0 Å². The highest BCUT2D eigenvalue weighted by molar-refractivity contribution is 5.78. The van der Waals surface area contributed by atoms with E-state index >= 15 is 0 Å². The summed E-state index contributed by atoms with van der Waals surface area (Å²) in [6.07, 6.45) is 3.45. The smallest absolute Gasteiger partial charge is 0.193 e. The molecule has 0 bridgehead atoms. The van der Waals surface area contributed by atoms with Crippen molar-refractivity contribution in [3.05, 3.63) is 69.2 Å². The summed E-state index contributed by atoms with van der Waals surface area (Å²) in [4.78, 5) is 14.7. The van der Waals surface area contributed by atoms with Crippen molar-refractivity contribution in [2.75, 3.05) is 0 Å². The zero-order chi connectivity index (χ0) is 13.9. The monoisotopic (exact) mass is 267 g/mol. The van der Waals surface area contributed by atoms with Crippen molar-refractivity contribution in [2.45, 2.75) is 6.54 Å². The Morgan fingerprint density at radius 2 is 2.30 bits per heavy atom. The van der Waals surface area contributed by atoms with Crippen molar-refractivity contribution < 1.29 is 4.42 Å². The highest BCUT2D eigenvalue weighted by Crippen LogP contribution is 2.17. The normalized spacial score (nSPS) is 10.4. The van der Waals surface area contributed by atoms with Crippen LogP contribution in [-0.2, 0) is 6.54 Å². The van der Waals surface area contributed by atoms with E-state index in [2.05, 4.69) is 15.1 Å². The van der Waals surface area contributed by atoms with Crippen LogP contribution in [0.4, 0.5) is 0 Å². The van der Waals surface area contributed by atoms with E-state index in [0.29, 0.717) is 16.7 Å². The molecule has 0 aliphatic rings. The summed E-state index contributed by atoms with van der Waals surface area (Å²) in [5, 5.41) is 7.95. The topological polar surface area (TPSA) is 96.8 Å². The van der Waals surface area contributed by atoms with Gasteiger partial charge < -0.3 is 4.42 Å². The highest BCUT2D eigenvalue weighted by atomic mass is 16.3. The molecule has 7 nitrogen and oxygen atoms in total. The molecule has 0 spiro atoms. The Morgan fingerprint density at radius 1 is 1.40 bits per heavy atom. The fourth-order valence-electron chi connectivity index (χ4n) is 1.94. The fourth-order valence-corrected chi connectivity index (χ4v) is 1.94. The minimum atomic E-state index is -0.177. The maximum absolute atomic E-state index is 12.1. The average molecular weight is 267 g/mol. The number of rotatable bonds is 3. The van der Waals surface area contributed by atoms with Gasteiger partial charge in [-0.25, -0.2) is 4.68 Å². The summed E-state index contributed by atoms with van der Waals surface area (Å²) in [6.45, 7) is 0.0165. The van der Waals surface area contributed by atoms with Crippen molar-refractivity contribution in [1.82, 2.24) is 9.78 Å². The Morgan fingerprint density at radius 3 is 3.05 bits per heavy atom. The number of benzene rings is 1. The van der Waals surface area contributed by atoms with Crippen LogP contribution in [0.15, 0.2) is 57.1 Å². The van der Waals surface area contributed by atoms with Crippen LogP contribution in [-0.4, -0.2) is 9.78 Å². The van der Waals surface area contributed by atoms with Gasteiger partial charge in [0.1, 0.15) is 11.3 Å². The summed E-state index contributed by atoms with van der Waals surface area (Å²) < 4.78 is 7.18. The first-order valence-corrected chi connectivity index (χ1v) is 5.85. The van der Waals surface area contributed by atoms with Crippen LogP contribution >= 0.6 is 0 Å². The summed E-state index contributed by atoms with van der Waals surface area (Å²) in [7, 11) is 0. The molecule has 3 rings (SSSR count). The van der Waals surface area contributed by atoms with Crippen LogP contribution in [0.3, 0.4) is 0 Å². The molecule has 0 saturated heterocycles. The molecule has 0 N–H and O–H groups in total. The predicted octanol–water partition coefficient (Wildman–Crippen LogP) is 2.79. The van der Waals surface area contributed by atoms with E-state index in [1.54, 1.807) is 41.3 Å². The third-order valence-corrected chi connectivity index (χ3v) is 2.82. The summed E-state index contributed by atoms with van der Waals surface area (Å²) in [6, 6.07) is 8.36. The largest absolute Gasteiger partial charge is 0.461 e. The van der Waals surface area contributed by atoms with E-state index in [9.17, 15) is 4.79 Å². The first-order valence-electron chi connectivity index (χ1n) is 5.85. The average Bonchev–Trinajstić information content (AvgIpc) is 2.99. The van der Waals surface area contributed by atoms with Crippen LogP contribution in [0, 0.1) is 0 Å². The molecular formula is C13H9N5O2. The van der Waals surface area contributed by atoms with Crippen molar-refractivity contribution in [3.63, 3.8) is 0 Å². The van der Waals surface area contributed by atoms with Gasteiger partial charge in [0.25, 0.3) is 0 Å². The molecule has 0 unspecified atom stereocenters. The number of azide groups is 1. The Kier molecular flexibility index (Phi) is 2.95. The Bertz CT molecular complexity index is 860. The number of nitrogens with zero attached hydrogens (tertiary/aromatic N) is 5. The van der Waals surface area contributed by atoms with Gasteiger partial charge in [-0.15, -0.1) is 0 Å². The van der Waals surface area contributed by atoms with Crippen LogP contribution in [0.2, 0.25) is 0 Å². The predicted molar refractivity (Wildman–Crippen MR) is 72.5 cm³/mol. The van der Waals surface area contributed by atoms with Crippen LogP contribution in [0.25, 0.3) is 27.1 Å².